The molecule has 52 heavy (non-hydrogen) atoms. The van der Waals surface area contributed by atoms with E-state index in [4.69, 9.17) is 0 Å². The number of likely N-dealkylation sites (N-methyl/N-ethyl adjacent to an activating group) is 1. The monoisotopic (exact) mass is 735 g/mol. The number of quaternary nitrogens is 1. The molecule has 0 saturated heterocycles. The molecule has 0 radical (unpaired) electrons. The van der Waals surface area contributed by atoms with Gasteiger partial charge in [0.05, 0.1) is 78.7 Å². The second-order valence-electron chi connectivity index (χ2n) is 13.3. The van der Waals surface area contributed by atoms with Gasteiger partial charge in [-0.25, -0.2) is 27.3 Å². The first-order valence-electron chi connectivity index (χ1n) is 16.1. The second kappa shape index (κ2) is 14.6. The number of alkyl halides is 3. The Morgan fingerprint density at radius 3 is 2.31 bits per heavy atom. The van der Waals surface area contributed by atoms with Crippen LogP contribution in [-0.2, 0) is 22.7 Å². The van der Waals surface area contributed by atoms with Crippen molar-refractivity contribution < 1.29 is 35.4 Å². The maximum atomic E-state index is 13.8. The number of halogens is 3. The molecule has 1 saturated carbocycles. The summed E-state index contributed by atoms with van der Waals surface area (Å²) in [5.41, 5.74) is 1.15. The number of carbonyl (C=O) groups excluding carboxylic acids is 1. The Kier molecular flexibility index (Phi) is 10.6. The molecule has 0 bridgehead atoms. The number of carbonyl (C=O) groups is 1. The zero-order chi connectivity index (χ0) is 38.0. The van der Waals surface area contributed by atoms with Crippen molar-refractivity contribution in [2.45, 2.75) is 43.3 Å². The number of nitrogens with one attached hydrogen (secondary N) is 1. The van der Waals surface area contributed by atoms with Gasteiger partial charge in [0.1, 0.15) is 15.8 Å². The molecule has 2 heterocycles. The Bertz CT molecular complexity index is 2310. The Balaban J connectivity index is 0.000000452. The van der Waals surface area contributed by atoms with Crippen molar-refractivity contribution in [3.63, 3.8) is 0 Å². The summed E-state index contributed by atoms with van der Waals surface area (Å²) in [7, 11) is 1.93. The highest BCUT2D eigenvalue weighted by molar-refractivity contribution is 7.85. The molecule has 1 N–H and O–H groups in total. The summed E-state index contributed by atoms with van der Waals surface area (Å²) in [5, 5.41) is 16.9. The van der Waals surface area contributed by atoms with E-state index in [0.717, 1.165) is 46.2 Å². The summed E-state index contributed by atoms with van der Waals surface area (Å²) < 4.78 is 75.9. The Morgan fingerprint density at radius 2 is 1.73 bits per heavy atom. The number of imidazole rings is 1. The minimum absolute atomic E-state index is 0.0142. The smallest absolute Gasteiger partial charge is 0.416 e. The van der Waals surface area contributed by atoms with Crippen LogP contribution in [0.4, 0.5) is 18.0 Å². The normalized spacial score (nSPS) is 13.2. The summed E-state index contributed by atoms with van der Waals surface area (Å²) in [5.74, 6) is 0. The van der Waals surface area contributed by atoms with Crippen molar-refractivity contribution >= 4 is 16.1 Å². The van der Waals surface area contributed by atoms with E-state index in [1.54, 1.807) is 41.9 Å². The van der Waals surface area contributed by atoms with Crippen molar-refractivity contribution in [2.24, 2.45) is 0 Å². The van der Waals surface area contributed by atoms with Crippen LogP contribution in [0.15, 0.2) is 94.7 Å². The third-order valence-electron chi connectivity index (χ3n) is 8.23. The van der Waals surface area contributed by atoms with Crippen LogP contribution < -0.4 is 11.0 Å². The molecule has 16 heteroatoms. The van der Waals surface area contributed by atoms with Gasteiger partial charge < -0.3 is 14.4 Å². The van der Waals surface area contributed by atoms with E-state index in [1.807, 2.05) is 0 Å². The fourth-order valence-electron chi connectivity index (χ4n) is 5.47. The minimum atomic E-state index is -4.61. The predicted molar refractivity (Wildman–Crippen MR) is 185 cm³/mol. The van der Waals surface area contributed by atoms with Gasteiger partial charge in [-0.05, 0) is 79.9 Å². The second-order valence-corrected chi connectivity index (χ2v) is 14.7. The Morgan fingerprint density at radius 1 is 1.04 bits per heavy atom. The fraction of sp³-hybridized carbons (Fsp3) is 0.278. The van der Waals surface area contributed by atoms with Crippen molar-refractivity contribution in [2.75, 3.05) is 27.7 Å². The lowest BCUT2D eigenvalue weighted by Crippen LogP contribution is -2.38. The van der Waals surface area contributed by atoms with Crippen LogP contribution >= 0.6 is 0 Å². The van der Waals surface area contributed by atoms with E-state index in [2.05, 4.69) is 37.6 Å². The van der Waals surface area contributed by atoms with E-state index < -0.39 is 33.6 Å². The number of aromatic nitrogens is 4. The maximum Gasteiger partial charge on any atom is 0.416 e. The van der Waals surface area contributed by atoms with Gasteiger partial charge in [0.2, 0.25) is 0 Å². The topological polar surface area (TPSA) is 155 Å². The molecular formula is C36H36F3N7O5S. The van der Waals surface area contributed by atoms with E-state index in [9.17, 15) is 41.0 Å². The first-order valence-corrected chi connectivity index (χ1v) is 17.5. The largest absolute Gasteiger partial charge is 0.744 e. The van der Waals surface area contributed by atoms with Crippen molar-refractivity contribution in [1.82, 2.24) is 24.2 Å². The first-order chi connectivity index (χ1) is 24.4. The SMILES string of the molecule is Cc1c(-c2ccnn2-c2ccc(C#N)cc2CC[N+](C)(C)C)n(C(=O)NC2CC2)c(=O)n1-c1cccc(C(F)(F)F)c1.O=S(=O)([O-])c1ccccc1. The molecule has 6 rings (SSSR count). The summed E-state index contributed by atoms with van der Waals surface area (Å²) in [4.78, 5) is 27.1. The van der Waals surface area contributed by atoms with Gasteiger partial charge in [-0.3, -0.25) is 4.57 Å². The zero-order valence-electron chi connectivity index (χ0n) is 28.8. The van der Waals surface area contributed by atoms with Crippen LogP contribution in [0.1, 0.15) is 35.2 Å². The standard InChI is InChI=1S/C30H30F3N7O2.C6H6O3S/c1-19-27(26-12-14-35-39(26)25-11-8-20(18-34)16-21(25)13-15-40(2,3)4)38(28(41)36-23-9-10-23)29(42)37(19)24-7-5-6-22(17-24)30(31,32)33;7-10(8,9)6-4-2-1-3-5-6/h5-8,11-12,14,16-17,23H,9-10,13,15H2,1-4H3;1-5H,(H,7,8,9). The quantitative estimate of drug-likeness (QED) is 0.169. The van der Waals surface area contributed by atoms with Crippen LogP contribution in [0.3, 0.4) is 0 Å². The van der Waals surface area contributed by atoms with Crippen molar-refractivity contribution in [3.8, 4) is 28.8 Å². The maximum absolute atomic E-state index is 13.8. The number of nitrogens with zero attached hydrogens (tertiary/aromatic N) is 6. The first kappa shape index (κ1) is 37.7. The Hall–Kier alpha value is -5.50. The van der Waals surface area contributed by atoms with Crippen LogP contribution in [-0.4, -0.2) is 76.1 Å². The molecule has 0 unspecified atom stereocenters. The molecule has 1 aliphatic carbocycles. The number of hydrogen-bond acceptors (Lipinski definition) is 7. The average Bonchev–Trinajstić information content (AvgIpc) is 3.69. The van der Waals surface area contributed by atoms with Crippen LogP contribution in [0, 0.1) is 18.3 Å². The van der Waals surface area contributed by atoms with Crippen molar-refractivity contribution in [3.05, 3.63) is 118 Å². The van der Waals surface area contributed by atoms with Gasteiger partial charge >= 0.3 is 17.9 Å². The lowest BCUT2D eigenvalue weighted by atomic mass is 10.0. The number of benzene rings is 3. The number of amides is 1. The molecule has 1 amide bonds. The summed E-state index contributed by atoms with van der Waals surface area (Å²) in [6, 6.07) is 20.0. The molecule has 5 aromatic rings. The van der Waals surface area contributed by atoms with E-state index >= 15 is 0 Å². The van der Waals surface area contributed by atoms with Crippen molar-refractivity contribution in [1.29, 1.82) is 5.26 Å². The van der Waals surface area contributed by atoms with Crippen LogP contribution in [0.25, 0.3) is 22.8 Å². The average molecular weight is 736 g/mol. The molecule has 2 aromatic heterocycles. The van der Waals surface area contributed by atoms with Crippen LogP contribution in [0.5, 0.6) is 0 Å². The molecule has 1 fully saturated rings. The number of rotatable bonds is 8. The predicted octanol–water partition coefficient (Wildman–Crippen LogP) is 5.25. The fourth-order valence-corrected chi connectivity index (χ4v) is 5.96. The van der Waals surface area contributed by atoms with Gasteiger partial charge in [-0.2, -0.15) is 23.5 Å². The molecule has 12 nitrogen and oxygen atoms in total. The highest BCUT2D eigenvalue weighted by Gasteiger charge is 2.33. The Labute approximate surface area is 298 Å². The third-order valence-corrected chi connectivity index (χ3v) is 9.08. The van der Waals surface area contributed by atoms with E-state index in [1.165, 1.54) is 42.6 Å². The summed E-state index contributed by atoms with van der Waals surface area (Å²) in [6.07, 6.45) is -0.902. The molecule has 1 aliphatic rings. The van der Waals surface area contributed by atoms with E-state index in [-0.39, 0.29) is 28.0 Å². The molecular weight excluding hydrogens is 700 g/mol. The lowest BCUT2D eigenvalue weighted by Gasteiger charge is -2.24. The molecule has 0 aliphatic heterocycles. The highest BCUT2D eigenvalue weighted by atomic mass is 32.2. The van der Waals surface area contributed by atoms with Gasteiger partial charge in [-0.1, -0.05) is 24.3 Å². The van der Waals surface area contributed by atoms with Gasteiger partial charge in [0, 0.05) is 12.5 Å². The zero-order valence-corrected chi connectivity index (χ0v) is 29.6. The molecule has 0 spiro atoms. The highest BCUT2D eigenvalue weighted by Crippen LogP contribution is 2.33. The van der Waals surface area contributed by atoms with Gasteiger partial charge in [-0.15, -0.1) is 0 Å². The summed E-state index contributed by atoms with van der Waals surface area (Å²) >= 11 is 0. The molecule has 272 valence electrons. The molecule has 0 atom stereocenters. The lowest BCUT2D eigenvalue weighted by molar-refractivity contribution is -0.870. The van der Waals surface area contributed by atoms with E-state index in [0.29, 0.717) is 27.8 Å². The number of nitriles is 1. The molecule has 3 aromatic carbocycles. The van der Waals surface area contributed by atoms with Gasteiger partial charge in [0.15, 0.2) is 0 Å². The number of hydrogen-bond donors (Lipinski definition) is 1. The third kappa shape index (κ3) is 8.68. The minimum Gasteiger partial charge on any atom is -0.744 e. The van der Waals surface area contributed by atoms with Gasteiger partial charge in [0.25, 0.3) is 0 Å². The summed E-state index contributed by atoms with van der Waals surface area (Å²) in [6.45, 7) is 2.35. The van der Waals surface area contributed by atoms with Crippen LogP contribution in [0.2, 0.25) is 0 Å².